The van der Waals surface area contributed by atoms with Gasteiger partial charge in [-0.15, -0.1) is 0 Å². The van der Waals surface area contributed by atoms with Crippen LogP contribution in [-0.2, 0) is 0 Å². The van der Waals surface area contributed by atoms with E-state index in [1.54, 1.807) is 12.3 Å². The molecule has 6 nitrogen and oxygen atoms in total. The lowest BCUT2D eigenvalue weighted by Gasteiger charge is -2.03. The number of hydrogen-bond donors (Lipinski definition) is 3. The van der Waals surface area contributed by atoms with Crippen molar-refractivity contribution in [3.05, 3.63) is 78.4 Å². The quantitative estimate of drug-likeness (QED) is 0.436. The van der Waals surface area contributed by atoms with E-state index in [1.165, 1.54) is 12.1 Å². The Kier molecular flexibility index (Phi) is 3.65. The highest BCUT2D eigenvalue weighted by atomic mass is 19.1. The number of H-pyrrole nitrogens is 2. The summed E-state index contributed by atoms with van der Waals surface area (Å²) >= 11 is 0. The van der Waals surface area contributed by atoms with E-state index < -0.39 is 11.7 Å². The van der Waals surface area contributed by atoms with Crippen molar-refractivity contribution in [2.24, 2.45) is 0 Å². The first-order valence-electron chi connectivity index (χ1n) is 8.66. The minimum atomic E-state index is -0.434. The highest BCUT2D eigenvalue weighted by Gasteiger charge is 2.15. The van der Waals surface area contributed by atoms with Gasteiger partial charge in [-0.3, -0.25) is 9.89 Å². The van der Waals surface area contributed by atoms with E-state index in [4.69, 9.17) is 0 Å². The zero-order chi connectivity index (χ0) is 19.1. The zero-order valence-electron chi connectivity index (χ0n) is 14.5. The Morgan fingerprint density at radius 1 is 1.04 bits per heavy atom. The summed E-state index contributed by atoms with van der Waals surface area (Å²) in [6, 6.07) is 17.9. The number of amides is 1. The van der Waals surface area contributed by atoms with Crippen LogP contribution in [0.2, 0.25) is 0 Å². The number of carbonyl (C=O) groups excluding carboxylic acids is 1. The Morgan fingerprint density at radius 3 is 2.75 bits per heavy atom. The van der Waals surface area contributed by atoms with Gasteiger partial charge in [-0.05, 0) is 35.9 Å². The molecule has 0 fully saturated rings. The van der Waals surface area contributed by atoms with Crippen molar-refractivity contribution < 1.29 is 9.18 Å². The largest absolute Gasteiger partial charge is 0.339 e. The summed E-state index contributed by atoms with van der Waals surface area (Å²) in [5, 5.41) is 10.8. The molecule has 5 rings (SSSR count). The summed E-state index contributed by atoms with van der Waals surface area (Å²) < 4.78 is 13.5. The van der Waals surface area contributed by atoms with Gasteiger partial charge in [-0.2, -0.15) is 5.10 Å². The Balaban J connectivity index is 1.46. The van der Waals surface area contributed by atoms with Gasteiger partial charge in [0, 0.05) is 16.5 Å². The lowest BCUT2D eigenvalue weighted by molar-refractivity contribution is 0.102. The van der Waals surface area contributed by atoms with Gasteiger partial charge < -0.3 is 10.3 Å². The van der Waals surface area contributed by atoms with Crippen LogP contribution in [0.15, 0.2) is 66.9 Å². The predicted octanol–water partition coefficient (Wildman–Crippen LogP) is 4.50. The lowest BCUT2D eigenvalue weighted by atomic mass is 10.1. The number of fused-ring (bicyclic) bond motifs is 2. The van der Waals surface area contributed by atoms with Crippen LogP contribution in [0.25, 0.3) is 33.2 Å². The molecule has 0 aliphatic heterocycles. The van der Waals surface area contributed by atoms with Gasteiger partial charge in [0.1, 0.15) is 11.5 Å². The van der Waals surface area contributed by atoms with Gasteiger partial charge >= 0.3 is 0 Å². The number of halogens is 1. The summed E-state index contributed by atoms with van der Waals surface area (Å²) in [7, 11) is 0. The maximum absolute atomic E-state index is 13.5. The fourth-order valence-corrected chi connectivity index (χ4v) is 3.21. The molecular formula is C21H14FN5O. The first-order chi connectivity index (χ1) is 13.7. The van der Waals surface area contributed by atoms with E-state index in [-0.39, 0.29) is 5.69 Å². The van der Waals surface area contributed by atoms with Crippen LogP contribution >= 0.6 is 0 Å². The molecule has 2 aromatic carbocycles. The highest BCUT2D eigenvalue weighted by Crippen LogP contribution is 2.25. The van der Waals surface area contributed by atoms with Crippen LogP contribution < -0.4 is 5.32 Å². The molecular weight excluding hydrogens is 357 g/mol. The number of nitrogens with zero attached hydrogens (tertiary/aromatic N) is 2. The number of benzene rings is 2. The highest BCUT2D eigenvalue weighted by molar-refractivity contribution is 6.11. The molecule has 3 aromatic heterocycles. The second-order valence-corrected chi connectivity index (χ2v) is 6.43. The molecule has 7 heteroatoms. The molecule has 0 aliphatic carbocycles. The monoisotopic (exact) mass is 371 g/mol. The minimum Gasteiger partial charge on any atom is -0.339 e. The van der Waals surface area contributed by atoms with Crippen molar-refractivity contribution in [3.8, 4) is 11.3 Å². The zero-order valence-corrected chi connectivity index (χ0v) is 14.5. The third kappa shape index (κ3) is 2.79. The van der Waals surface area contributed by atoms with Crippen molar-refractivity contribution in [2.45, 2.75) is 0 Å². The first kappa shape index (κ1) is 16.2. The van der Waals surface area contributed by atoms with Crippen molar-refractivity contribution >= 4 is 33.5 Å². The van der Waals surface area contributed by atoms with Crippen molar-refractivity contribution in [2.75, 3.05) is 5.32 Å². The normalized spacial score (nSPS) is 11.2. The molecule has 0 spiro atoms. The number of aromatic amines is 2. The second kappa shape index (κ2) is 6.31. The van der Waals surface area contributed by atoms with Crippen molar-refractivity contribution in [3.63, 3.8) is 0 Å². The number of rotatable bonds is 3. The molecule has 1 amide bonds. The number of carbonyl (C=O) groups is 1. The van der Waals surface area contributed by atoms with Crippen LogP contribution in [-0.4, -0.2) is 26.1 Å². The number of pyridine rings is 1. The molecule has 0 saturated heterocycles. The molecule has 136 valence electrons. The maximum atomic E-state index is 13.5. The lowest BCUT2D eigenvalue weighted by Crippen LogP contribution is -2.13. The molecule has 0 radical (unpaired) electrons. The molecule has 0 unspecified atom stereocenters. The topological polar surface area (TPSA) is 86.5 Å². The molecule has 5 aromatic rings. The van der Waals surface area contributed by atoms with Crippen LogP contribution in [0.1, 0.15) is 10.5 Å². The maximum Gasteiger partial charge on any atom is 0.276 e. The summed E-state index contributed by atoms with van der Waals surface area (Å²) in [6.07, 6.45) is 1.57. The van der Waals surface area contributed by atoms with Gasteiger partial charge in [0.2, 0.25) is 0 Å². The van der Waals surface area contributed by atoms with Crippen molar-refractivity contribution in [1.29, 1.82) is 0 Å². The molecule has 3 N–H and O–H groups in total. The van der Waals surface area contributed by atoms with E-state index in [0.717, 1.165) is 22.3 Å². The van der Waals surface area contributed by atoms with E-state index in [2.05, 4.69) is 25.5 Å². The average molecular weight is 371 g/mol. The van der Waals surface area contributed by atoms with E-state index in [0.29, 0.717) is 16.6 Å². The standard InChI is InChI=1S/C21H14FN5O/c22-14-6-7-17-16(10-14)19(27-26-17)21(28)24-15-8-13-9-18(25-20(13)23-11-15)12-4-2-1-3-5-12/h1-11H,(H,23,25)(H,24,28)(H,26,27). The summed E-state index contributed by atoms with van der Waals surface area (Å²) in [5.41, 5.74) is 3.98. The molecule has 28 heavy (non-hydrogen) atoms. The molecule has 3 heterocycles. The Hall–Kier alpha value is -4.00. The second-order valence-electron chi connectivity index (χ2n) is 6.43. The van der Waals surface area contributed by atoms with Gasteiger partial charge in [-0.25, -0.2) is 9.37 Å². The summed E-state index contributed by atoms with van der Waals surface area (Å²) in [6.45, 7) is 0. The fraction of sp³-hybridized carbons (Fsp3) is 0. The van der Waals surface area contributed by atoms with Crippen LogP contribution in [0.4, 0.5) is 10.1 Å². The number of anilines is 1. The molecule has 0 atom stereocenters. The van der Waals surface area contributed by atoms with E-state index in [1.807, 2.05) is 42.5 Å². The van der Waals surface area contributed by atoms with Gasteiger partial charge in [-0.1, -0.05) is 30.3 Å². The Labute approximate surface area is 158 Å². The molecule has 0 aliphatic rings. The van der Waals surface area contributed by atoms with Gasteiger partial charge in [0.15, 0.2) is 5.69 Å². The third-order valence-electron chi connectivity index (χ3n) is 4.55. The molecule has 0 saturated carbocycles. The Morgan fingerprint density at radius 2 is 1.89 bits per heavy atom. The van der Waals surface area contributed by atoms with Gasteiger partial charge in [0.05, 0.1) is 17.4 Å². The number of aromatic nitrogens is 4. The van der Waals surface area contributed by atoms with E-state index >= 15 is 0 Å². The number of hydrogen-bond acceptors (Lipinski definition) is 3. The average Bonchev–Trinajstić information content (AvgIpc) is 3.32. The predicted molar refractivity (Wildman–Crippen MR) is 106 cm³/mol. The van der Waals surface area contributed by atoms with Crippen LogP contribution in [0.5, 0.6) is 0 Å². The SMILES string of the molecule is O=C(Nc1cnc2[nH]c(-c3ccccc3)cc2c1)c1n[nH]c2ccc(F)cc12. The van der Waals surface area contributed by atoms with Gasteiger partial charge in [0.25, 0.3) is 5.91 Å². The summed E-state index contributed by atoms with van der Waals surface area (Å²) in [4.78, 5) is 20.3. The van der Waals surface area contributed by atoms with Crippen molar-refractivity contribution in [1.82, 2.24) is 20.2 Å². The third-order valence-corrected chi connectivity index (χ3v) is 4.55. The molecule has 0 bridgehead atoms. The van der Waals surface area contributed by atoms with Crippen LogP contribution in [0.3, 0.4) is 0 Å². The number of nitrogens with one attached hydrogen (secondary N) is 3. The fourth-order valence-electron chi connectivity index (χ4n) is 3.21. The first-order valence-corrected chi connectivity index (χ1v) is 8.66. The summed E-state index contributed by atoms with van der Waals surface area (Å²) in [5.74, 6) is -0.858. The van der Waals surface area contributed by atoms with Crippen LogP contribution in [0, 0.1) is 5.82 Å². The Bertz CT molecular complexity index is 1320. The minimum absolute atomic E-state index is 0.133. The smallest absolute Gasteiger partial charge is 0.276 e. The van der Waals surface area contributed by atoms with E-state index in [9.17, 15) is 9.18 Å².